The van der Waals surface area contributed by atoms with Crippen LogP contribution < -0.4 is 11.1 Å². The molecular formula is C10H13N5O. The first-order valence-electron chi connectivity index (χ1n) is 4.39. The zero-order chi connectivity index (χ0) is 12.7. The van der Waals surface area contributed by atoms with Crippen molar-refractivity contribution < 1.29 is 4.79 Å². The van der Waals surface area contributed by atoms with Gasteiger partial charge in [0.05, 0.1) is 0 Å². The number of carbonyl (C=O) groups is 1. The van der Waals surface area contributed by atoms with Crippen LogP contribution in [0.2, 0.25) is 0 Å². The summed E-state index contributed by atoms with van der Waals surface area (Å²) >= 11 is 0. The third-order valence-corrected chi connectivity index (χ3v) is 1.60. The van der Waals surface area contributed by atoms with E-state index < -0.39 is 0 Å². The average molecular weight is 219 g/mol. The Morgan fingerprint density at radius 2 is 1.94 bits per heavy atom. The highest BCUT2D eigenvalue weighted by Crippen LogP contribution is 1.98. The topological polar surface area (TPSA) is 106 Å². The van der Waals surface area contributed by atoms with E-state index in [1.807, 2.05) is 0 Å². The maximum atomic E-state index is 11.3. The van der Waals surface area contributed by atoms with Gasteiger partial charge in [-0.2, -0.15) is 10.5 Å². The Labute approximate surface area is 94.2 Å². The predicted octanol–water partition coefficient (Wildman–Crippen LogP) is -0.215. The lowest BCUT2D eigenvalue weighted by molar-refractivity contribution is -0.123. The molecule has 0 fully saturated rings. The number of nitriles is 2. The van der Waals surface area contributed by atoms with E-state index in [-0.39, 0.29) is 17.3 Å². The summed E-state index contributed by atoms with van der Waals surface area (Å²) in [6, 6.07) is 3.39. The van der Waals surface area contributed by atoms with Crippen LogP contribution in [-0.4, -0.2) is 24.9 Å². The summed E-state index contributed by atoms with van der Waals surface area (Å²) in [5, 5.41) is 19.8. The second kappa shape index (κ2) is 6.10. The number of likely N-dealkylation sites (N-methyl/N-ethyl adjacent to an activating group) is 1. The number of carbonyl (C=O) groups excluding carboxylic acids is 1. The molecule has 0 radical (unpaired) electrons. The number of rotatable bonds is 3. The van der Waals surface area contributed by atoms with Crippen molar-refractivity contribution in [2.45, 2.75) is 6.92 Å². The molecule has 6 nitrogen and oxygen atoms in total. The number of allylic oxidation sites excluding steroid dienone is 3. The third-order valence-electron chi connectivity index (χ3n) is 1.60. The Hall–Kier alpha value is -2.47. The van der Waals surface area contributed by atoms with Gasteiger partial charge >= 0.3 is 0 Å². The van der Waals surface area contributed by atoms with Crippen LogP contribution in [0.4, 0.5) is 0 Å². The van der Waals surface area contributed by atoms with Gasteiger partial charge < -0.3 is 16.0 Å². The molecule has 6 heteroatoms. The van der Waals surface area contributed by atoms with Crippen molar-refractivity contribution in [2.24, 2.45) is 5.73 Å². The van der Waals surface area contributed by atoms with Gasteiger partial charge in [0.25, 0.3) is 0 Å². The first kappa shape index (κ1) is 13.5. The molecule has 0 aliphatic heterocycles. The summed E-state index contributed by atoms with van der Waals surface area (Å²) in [7, 11) is 3.22. The van der Waals surface area contributed by atoms with Crippen molar-refractivity contribution in [2.75, 3.05) is 14.1 Å². The highest BCUT2D eigenvalue weighted by atomic mass is 16.2. The summed E-state index contributed by atoms with van der Waals surface area (Å²) in [6.07, 6.45) is 1.31. The molecule has 0 saturated carbocycles. The van der Waals surface area contributed by atoms with E-state index in [1.165, 1.54) is 11.0 Å². The molecule has 0 atom stereocenters. The Bertz CT molecular complexity index is 419. The van der Waals surface area contributed by atoms with Crippen LogP contribution in [0.25, 0.3) is 0 Å². The van der Waals surface area contributed by atoms with Gasteiger partial charge in [0.1, 0.15) is 17.8 Å². The minimum atomic E-state index is -0.224. The van der Waals surface area contributed by atoms with Gasteiger partial charge in [0, 0.05) is 25.9 Å². The summed E-state index contributed by atoms with van der Waals surface area (Å²) < 4.78 is 0. The Morgan fingerprint density at radius 1 is 1.38 bits per heavy atom. The first-order valence-corrected chi connectivity index (χ1v) is 4.39. The lowest BCUT2D eigenvalue weighted by Crippen LogP contribution is -2.22. The fourth-order valence-corrected chi connectivity index (χ4v) is 0.759. The molecule has 0 aromatic heterocycles. The van der Waals surface area contributed by atoms with Gasteiger partial charge in [0.15, 0.2) is 5.70 Å². The molecule has 16 heavy (non-hydrogen) atoms. The summed E-state index contributed by atoms with van der Waals surface area (Å²) in [4.78, 5) is 12.7. The molecule has 0 unspecified atom stereocenters. The molecule has 3 N–H and O–H groups in total. The van der Waals surface area contributed by atoms with Crippen LogP contribution in [0.5, 0.6) is 0 Å². The van der Waals surface area contributed by atoms with Crippen LogP contribution >= 0.6 is 0 Å². The van der Waals surface area contributed by atoms with Crippen molar-refractivity contribution in [3.63, 3.8) is 0 Å². The predicted molar refractivity (Wildman–Crippen MR) is 58.0 cm³/mol. The molecule has 0 aliphatic rings. The van der Waals surface area contributed by atoms with Crippen LogP contribution in [0.1, 0.15) is 6.92 Å². The molecule has 1 amide bonds. The summed E-state index contributed by atoms with van der Waals surface area (Å²) in [5.41, 5.74) is 5.43. The smallest absolute Gasteiger partial charge is 0.247 e. The minimum Gasteiger partial charge on any atom is -0.388 e. The fourth-order valence-electron chi connectivity index (χ4n) is 0.759. The van der Waals surface area contributed by atoms with Crippen molar-refractivity contribution >= 4 is 5.91 Å². The second-order valence-corrected chi connectivity index (χ2v) is 3.20. The highest BCUT2D eigenvalue weighted by molar-refractivity contribution is 5.87. The van der Waals surface area contributed by atoms with E-state index in [2.05, 4.69) is 5.32 Å². The second-order valence-electron chi connectivity index (χ2n) is 3.20. The SMILES string of the molecule is C/C(=C\C(=O)N(C)C)N/C(C#N)=C(\N)C#N. The van der Waals surface area contributed by atoms with Crippen LogP contribution in [0, 0.1) is 22.7 Å². The van der Waals surface area contributed by atoms with E-state index in [1.54, 1.807) is 33.2 Å². The average Bonchev–Trinajstić information content (AvgIpc) is 2.24. The van der Waals surface area contributed by atoms with Crippen LogP contribution in [0.15, 0.2) is 23.2 Å². The Kier molecular flexibility index (Phi) is 5.16. The Morgan fingerprint density at radius 3 is 2.31 bits per heavy atom. The maximum Gasteiger partial charge on any atom is 0.247 e. The fraction of sp³-hybridized carbons (Fsp3) is 0.300. The highest BCUT2D eigenvalue weighted by Gasteiger charge is 2.04. The number of hydrogen-bond donors (Lipinski definition) is 2. The van der Waals surface area contributed by atoms with Crippen LogP contribution in [-0.2, 0) is 4.79 Å². The number of amides is 1. The van der Waals surface area contributed by atoms with Gasteiger partial charge in [-0.25, -0.2) is 0 Å². The van der Waals surface area contributed by atoms with Gasteiger partial charge in [0.2, 0.25) is 5.91 Å². The molecule has 0 aliphatic carbocycles. The van der Waals surface area contributed by atoms with Gasteiger partial charge in [-0.05, 0) is 6.92 Å². The molecule has 0 aromatic rings. The first-order chi connectivity index (χ1) is 7.42. The molecular weight excluding hydrogens is 206 g/mol. The van der Waals surface area contributed by atoms with Gasteiger partial charge in [-0.1, -0.05) is 0 Å². The maximum absolute atomic E-state index is 11.3. The largest absolute Gasteiger partial charge is 0.388 e. The summed E-state index contributed by atoms with van der Waals surface area (Å²) in [6.45, 7) is 1.60. The molecule has 0 rings (SSSR count). The molecule has 0 saturated heterocycles. The van der Waals surface area contributed by atoms with E-state index >= 15 is 0 Å². The molecule has 0 bridgehead atoms. The standard InChI is InChI=1S/C10H13N5O/c1-7(4-10(16)15(2)3)14-9(6-12)8(13)5-11/h4,14H,13H2,1-3H3/b7-4+,9-8-. The van der Waals surface area contributed by atoms with E-state index in [4.69, 9.17) is 16.3 Å². The van der Waals surface area contributed by atoms with Crippen molar-refractivity contribution in [1.82, 2.24) is 10.2 Å². The van der Waals surface area contributed by atoms with Gasteiger partial charge in [-0.15, -0.1) is 0 Å². The molecule has 84 valence electrons. The zero-order valence-electron chi connectivity index (χ0n) is 9.40. The molecule has 0 spiro atoms. The number of nitrogens with two attached hydrogens (primary N) is 1. The number of nitrogens with one attached hydrogen (secondary N) is 1. The quantitative estimate of drug-likeness (QED) is 0.504. The van der Waals surface area contributed by atoms with Crippen molar-refractivity contribution in [1.29, 1.82) is 10.5 Å². The number of nitrogens with zero attached hydrogens (tertiary/aromatic N) is 3. The number of hydrogen-bond acceptors (Lipinski definition) is 5. The van der Waals surface area contributed by atoms with Crippen LogP contribution in [0.3, 0.4) is 0 Å². The third kappa shape index (κ3) is 4.16. The molecule has 0 aromatic carbocycles. The van der Waals surface area contributed by atoms with E-state index in [0.29, 0.717) is 5.70 Å². The van der Waals surface area contributed by atoms with Crippen molar-refractivity contribution in [3.05, 3.63) is 23.2 Å². The zero-order valence-corrected chi connectivity index (χ0v) is 9.40. The van der Waals surface area contributed by atoms with E-state index in [9.17, 15) is 4.79 Å². The normalized spacial score (nSPS) is 11.9. The summed E-state index contributed by atoms with van der Waals surface area (Å²) in [5.74, 6) is -0.224. The lowest BCUT2D eigenvalue weighted by Gasteiger charge is -2.09. The minimum absolute atomic E-state index is 0.0668. The Balaban J connectivity index is 4.84. The van der Waals surface area contributed by atoms with E-state index in [0.717, 1.165) is 0 Å². The van der Waals surface area contributed by atoms with Gasteiger partial charge in [-0.3, -0.25) is 4.79 Å². The van der Waals surface area contributed by atoms with Crippen molar-refractivity contribution in [3.8, 4) is 12.1 Å². The monoisotopic (exact) mass is 219 g/mol. The molecule has 0 heterocycles. The lowest BCUT2D eigenvalue weighted by atomic mass is 10.3.